The molecule has 0 aliphatic carbocycles. The molecule has 0 aliphatic rings. The zero-order chi connectivity index (χ0) is 43.8. The van der Waals surface area contributed by atoms with Crippen LogP contribution in [0, 0.1) is 0 Å². The molecule has 6 nitrogen and oxygen atoms in total. The van der Waals surface area contributed by atoms with Crippen molar-refractivity contribution in [3.8, 4) is 0 Å². The average molecular weight is 846 g/mol. The zero-order valence-corrected chi connectivity index (χ0v) is 40.0. The molecule has 354 valence electrons. The maximum Gasteiger partial charge on any atom is 0.249 e. The molecule has 5 N–H and O–H groups in total. The van der Waals surface area contributed by atoms with Gasteiger partial charge >= 0.3 is 0 Å². The molecule has 0 fully saturated rings. The topological polar surface area (TPSA) is 110 Å². The highest BCUT2D eigenvalue weighted by atomic mass is 16.3. The third-order valence-electron chi connectivity index (χ3n) is 12.3. The zero-order valence-electron chi connectivity index (χ0n) is 40.0. The van der Waals surface area contributed by atoms with E-state index in [0.29, 0.717) is 12.8 Å². The number of carbonyl (C=O) groups is 1. The Morgan fingerprint density at radius 2 is 0.733 bits per heavy atom. The van der Waals surface area contributed by atoms with E-state index in [9.17, 15) is 25.2 Å². The van der Waals surface area contributed by atoms with Gasteiger partial charge < -0.3 is 25.7 Å². The molecule has 0 heterocycles. The van der Waals surface area contributed by atoms with Crippen LogP contribution >= 0.6 is 0 Å². The highest BCUT2D eigenvalue weighted by Crippen LogP contribution is 2.16. The van der Waals surface area contributed by atoms with Gasteiger partial charge in [0, 0.05) is 0 Å². The predicted octanol–water partition coefficient (Wildman–Crippen LogP) is 14.9. The summed E-state index contributed by atoms with van der Waals surface area (Å²) in [5, 5.41) is 43.8. The minimum atomic E-state index is -1.28. The first-order valence-electron chi connectivity index (χ1n) is 26.4. The van der Waals surface area contributed by atoms with Crippen LogP contribution in [-0.4, -0.2) is 57.3 Å². The number of hydrogen-bond donors (Lipinski definition) is 5. The second kappa shape index (κ2) is 48.6. The van der Waals surface area contributed by atoms with Gasteiger partial charge in [-0.2, -0.15) is 0 Å². The molecule has 0 radical (unpaired) electrons. The molecule has 0 rings (SSSR count). The van der Waals surface area contributed by atoms with E-state index in [0.717, 1.165) is 44.9 Å². The van der Waals surface area contributed by atoms with Gasteiger partial charge in [0.1, 0.15) is 12.2 Å². The number of hydrogen-bond acceptors (Lipinski definition) is 5. The third-order valence-corrected chi connectivity index (χ3v) is 12.3. The molecule has 0 bridgehead atoms. The molecule has 0 saturated carbocycles. The first-order valence-corrected chi connectivity index (χ1v) is 26.4. The molecule has 1 amide bonds. The summed E-state index contributed by atoms with van der Waals surface area (Å²) in [4.78, 5) is 12.6. The molecule has 0 aromatic carbocycles. The average Bonchev–Trinajstić information content (AvgIpc) is 3.25. The lowest BCUT2D eigenvalue weighted by Crippen LogP contribution is -2.53. The summed E-state index contributed by atoms with van der Waals surface area (Å²) in [5.74, 6) is -0.592. The number of unbranched alkanes of at least 4 members (excludes halogenated alkanes) is 33. The highest BCUT2D eigenvalue weighted by molar-refractivity contribution is 5.80. The molecule has 4 atom stereocenters. The molecule has 6 heteroatoms. The number of allylic oxidation sites excluding steroid dienone is 6. The second-order valence-corrected chi connectivity index (χ2v) is 18.2. The summed E-state index contributed by atoms with van der Waals surface area (Å²) in [6, 6.07) is -1.00. The van der Waals surface area contributed by atoms with Gasteiger partial charge in [-0.25, -0.2) is 0 Å². The summed E-state index contributed by atoms with van der Waals surface area (Å²) < 4.78 is 0. The number of nitrogens with one attached hydrogen (secondary N) is 1. The number of aliphatic hydroxyl groups is 4. The van der Waals surface area contributed by atoms with E-state index in [4.69, 9.17) is 0 Å². The Morgan fingerprint density at radius 3 is 1.10 bits per heavy atom. The van der Waals surface area contributed by atoms with Gasteiger partial charge in [-0.1, -0.05) is 237 Å². The predicted molar refractivity (Wildman–Crippen MR) is 260 cm³/mol. The smallest absolute Gasteiger partial charge is 0.249 e. The van der Waals surface area contributed by atoms with Crippen molar-refractivity contribution >= 4 is 5.91 Å². The third kappa shape index (κ3) is 41.9. The van der Waals surface area contributed by atoms with Crippen LogP contribution in [0.4, 0.5) is 0 Å². The molecule has 0 aliphatic heterocycles. The molecular weight excluding hydrogens is 743 g/mol. The van der Waals surface area contributed by atoms with E-state index in [1.54, 1.807) is 0 Å². The highest BCUT2D eigenvalue weighted by Gasteiger charge is 2.28. The molecule has 0 aromatic rings. The lowest BCUT2D eigenvalue weighted by atomic mass is 10.00. The minimum Gasteiger partial charge on any atom is -0.394 e. The van der Waals surface area contributed by atoms with Crippen molar-refractivity contribution in [2.24, 2.45) is 0 Å². The van der Waals surface area contributed by atoms with E-state index >= 15 is 0 Å². The fourth-order valence-corrected chi connectivity index (χ4v) is 8.14. The van der Waals surface area contributed by atoms with Crippen molar-refractivity contribution in [2.75, 3.05) is 6.61 Å². The van der Waals surface area contributed by atoms with Crippen LogP contribution < -0.4 is 5.32 Å². The van der Waals surface area contributed by atoms with Gasteiger partial charge in [0.05, 0.1) is 18.8 Å². The van der Waals surface area contributed by atoms with Gasteiger partial charge in [0.2, 0.25) is 5.91 Å². The Balaban J connectivity index is 3.63. The second-order valence-electron chi connectivity index (χ2n) is 18.2. The van der Waals surface area contributed by atoms with Gasteiger partial charge in [-0.3, -0.25) is 4.79 Å². The lowest BCUT2D eigenvalue weighted by molar-refractivity contribution is -0.132. The summed E-state index contributed by atoms with van der Waals surface area (Å²) in [7, 11) is 0. The summed E-state index contributed by atoms with van der Waals surface area (Å²) in [5.41, 5.74) is 0. The number of aliphatic hydroxyl groups excluding tert-OH is 4. The van der Waals surface area contributed by atoms with Gasteiger partial charge in [-0.15, -0.1) is 0 Å². The Labute approximate surface area is 373 Å². The number of carbonyl (C=O) groups excluding carboxylic acids is 1. The molecule has 60 heavy (non-hydrogen) atoms. The summed E-state index contributed by atoms with van der Waals surface area (Å²) in [6.45, 7) is 4.05. The SMILES string of the molecule is CCCCCCCCCCC/C=C\C/C=C\CCCCCCCCCCCCCCCCC(O)C(=O)NC(CO)C(O)C(O)CCC/C=C/CCCCCCCCCCC. The quantitative estimate of drug-likeness (QED) is 0.0309. The van der Waals surface area contributed by atoms with Crippen molar-refractivity contribution < 1.29 is 25.2 Å². The van der Waals surface area contributed by atoms with E-state index in [1.807, 2.05) is 0 Å². The van der Waals surface area contributed by atoms with Crippen LogP contribution in [0.1, 0.15) is 271 Å². The van der Waals surface area contributed by atoms with Crippen LogP contribution in [0.25, 0.3) is 0 Å². The minimum absolute atomic E-state index is 0.363. The van der Waals surface area contributed by atoms with Crippen molar-refractivity contribution in [1.82, 2.24) is 5.32 Å². The Kier molecular flexibility index (Phi) is 47.4. The van der Waals surface area contributed by atoms with Gasteiger partial charge in [-0.05, 0) is 70.6 Å². The van der Waals surface area contributed by atoms with Crippen LogP contribution in [0.5, 0.6) is 0 Å². The largest absolute Gasteiger partial charge is 0.394 e. The number of amides is 1. The molecule has 0 aromatic heterocycles. The van der Waals surface area contributed by atoms with Gasteiger partial charge in [0.25, 0.3) is 0 Å². The lowest BCUT2D eigenvalue weighted by Gasteiger charge is -2.27. The molecular formula is C54H103NO5. The van der Waals surface area contributed by atoms with Crippen LogP contribution in [0.2, 0.25) is 0 Å². The van der Waals surface area contributed by atoms with Crippen molar-refractivity contribution in [3.63, 3.8) is 0 Å². The summed E-state index contributed by atoms with van der Waals surface area (Å²) >= 11 is 0. The molecule has 0 saturated heterocycles. The van der Waals surface area contributed by atoms with Crippen molar-refractivity contribution in [3.05, 3.63) is 36.5 Å². The Hall–Kier alpha value is -1.47. The fraction of sp³-hybridized carbons (Fsp3) is 0.870. The van der Waals surface area contributed by atoms with Crippen LogP contribution in [0.15, 0.2) is 36.5 Å². The van der Waals surface area contributed by atoms with E-state index < -0.39 is 36.9 Å². The van der Waals surface area contributed by atoms with Crippen LogP contribution in [-0.2, 0) is 4.79 Å². The first-order chi connectivity index (χ1) is 29.5. The number of rotatable bonds is 48. The summed E-state index contributed by atoms with van der Waals surface area (Å²) in [6.07, 6.45) is 59.2. The van der Waals surface area contributed by atoms with E-state index in [1.165, 1.54) is 199 Å². The fourth-order valence-electron chi connectivity index (χ4n) is 8.14. The molecule has 4 unspecified atom stereocenters. The van der Waals surface area contributed by atoms with Crippen molar-refractivity contribution in [1.29, 1.82) is 0 Å². The monoisotopic (exact) mass is 846 g/mol. The van der Waals surface area contributed by atoms with Crippen LogP contribution in [0.3, 0.4) is 0 Å². The normalized spacial score (nSPS) is 14.2. The molecule has 0 spiro atoms. The maximum absolute atomic E-state index is 12.6. The standard InChI is InChI=1S/C54H103NO5/c1-3-5-7-9-11-13-15-17-19-20-21-22-23-24-25-26-27-28-29-30-31-32-33-34-36-38-40-42-44-46-48-52(58)54(60)55-50(49-56)53(59)51(57)47-45-43-41-39-37-35-18-16-14-12-10-8-6-4-2/h21-22,24-25,39,41,50-53,56-59H,3-20,23,26-38,40,42-49H2,1-2H3,(H,55,60)/b22-21-,25-24-,41-39+. The van der Waals surface area contributed by atoms with E-state index in [-0.39, 0.29) is 0 Å². The Bertz CT molecular complexity index is 950. The maximum atomic E-state index is 12.6. The Morgan fingerprint density at radius 1 is 0.417 bits per heavy atom. The van der Waals surface area contributed by atoms with Crippen molar-refractivity contribution in [2.45, 2.75) is 295 Å². The first kappa shape index (κ1) is 58.5. The van der Waals surface area contributed by atoms with Gasteiger partial charge in [0.15, 0.2) is 0 Å². The van der Waals surface area contributed by atoms with E-state index in [2.05, 4.69) is 55.6 Å².